The van der Waals surface area contributed by atoms with Gasteiger partial charge in [-0.15, -0.1) is 11.1 Å². The zero-order chi connectivity index (χ0) is 10.6. The lowest BCUT2D eigenvalue weighted by Gasteiger charge is -2.03. The number of hydrogen-bond donors (Lipinski definition) is 2. The van der Waals surface area contributed by atoms with Crippen LogP contribution in [0.15, 0.2) is 27.9 Å². The summed E-state index contributed by atoms with van der Waals surface area (Å²) in [5.41, 5.74) is 2.24. The van der Waals surface area contributed by atoms with E-state index in [0.29, 0.717) is 17.9 Å². The molecule has 0 bridgehead atoms. The molecule has 78 valence electrons. The second-order valence-corrected chi connectivity index (χ2v) is 4.10. The molecule has 0 aromatic heterocycles. The van der Waals surface area contributed by atoms with Crippen LogP contribution in [0.5, 0.6) is 0 Å². The number of hydrogen-bond acceptors (Lipinski definition) is 4. The van der Waals surface area contributed by atoms with Crippen molar-refractivity contribution in [2.75, 3.05) is 0 Å². The first-order valence-corrected chi connectivity index (χ1v) is 5.88. The Bertz CT molecular complexity index is 321. The van der Waals surface area contributed by atoms with Gasteiger partial charge in [0.05, 0.1) is 5.55 Å². The summed E-state index contributed by atoms with van der Waals surface area (Å²) in [4.78, 5) is 15.3. The topological polar surface area (TPSA) is 64.7 Å². The number of ether oxygens (including phenoxy) is 1. The van der Waals surface area contributed by atoms with Gasteiger partial charge in [-0.2, -0.15) is 0 Å². The maximum absolute atomic E-state index is 11.4. The Morgan fingerprint density at radius 3 is 2.93 bits per heavy atom. The summed E-state index contributed by atoms with van der Waals surface area (Å²) in [5.74, 6) is -0.0277. The smallest absolute Gasteiger partial charge is 0.340 e. The standard InChI is InChI=1S/C9H14N2O2S/c1-3-7(4-2)9(12)13-8-5-14(10)6-11-8/h3,5-6,14H,4,10H2,1-2H3. The van der Waals surface area contributed by atoms with Crippen molar-refractivity contribution in [3.63, 3.8) is 0 Å². The molecule has 4 nitrogen and oxygen atoms in total. The number of nitrogens with two attached hydrogens (primary N) is 1. The van der Waals surface area contributed by atoms with E-state index in [0.717, 1.165) is 0 Å². The van der Waals surface area contributed by atoms with Gasteiger partial charge in [0.25, 0.3) is 0 Å². The van der Waals surface area contributed by atoms with Gasteiger partial charge in [-0.3, -0.25) is 5.14 Å². The van der Waals surface area contributed by atoms with Crippen molar-refractivity contribution in [2.24, 2.45) is 10.1 Å². The summed E-state index contributed by atoms with van der Waals surface area (Å²) >= 11 is -0.813. The molecule has 0 saturated heterocycles. The van der Waals surface area contributed by atoms with Crippen molar-refractivity contribution in [1.82, 2.24) is 0 Å². The molecule has 1 aliphatic rings. The number of aliphatic imine (C=N–C) groups is 1. The van der Waals surface area contributed by atoms with Crippen LogP contribution in [-0.4, -0.2) is 11.5 Å². The lowest BCUT2D eigenvalue weighted by Crippen LogP contribution is -2.05. The summed E-state index contributed by atoms with van der Waals surface area (Å²) < 4.78 is 5.02. The van der Waals surface area contributed by atoms with Crippen LogP contribution in [0, 0.1) is 0 Å². The maximum atomic E-state index is 11.4. The minimum absolute atomic E-state index is 0.316. The molecule has 0 aromatic carbocycles. The minimum atomic E-state index is -0.813. The van der Waals surface area contributed by atoms with E-state index in [1.54, 1.807) is 17.0 Å². The van der Waals surface area contributed by atoms with Gasteiger partial charge in [0.2, 0.25) is 5.88 Å². The van der Waals surface area contributed by atoms with Crippen LogP contribution in [0.25, 0.3) is 0 Å². The van der Waals surface area contributed by atoms with E-state index >= 15 is 0 Å². The molecule has 0 fully saturated rings. The zero-order valence-corrected chi connectivity index (χ0v) is 9.12. The molecule has 1 heterocycles. The van der Waals surface area contributed by atoms with Gasteiger partial charge >= 0.3 is 5.97 Å². The van der Waals surface area contributed by atoms with Crippen molar-refractivity contribution in [1.29, 1.82) is 0 Å². The quantitative estimate of drug-likeness (QED) is 0.426. The van der Waals surface area contributed by atoms with Crippen molar-refractivity contribution < 1.29 is 9.53 Å². The Kier molecular flexibility index (Phi) is 3.91. The molecule has 1 aliphatic heterocycles. The number of nitrogens with zero attached hydrogens (tertiary/aromatic N) is 1. The number of esters is 1. The molecule has 5 heteroatoms. The highest BCUT2D eigenvalue weighted by atomic mass is 32.2. The van der Waals surface area contributed by atoms with E-state index in [4.69, 9.17) is 9.88 Å². The van der Waals surface area contributed by atoms with Crippen LogP contribution in [0.4, 0.5) is 0 Å². The molecule has 0 aromatic rings. The van der Waals surface area contributed by atoms with Gasteiger partial charge in [-0.05, 0) is 13.3 Å². The van der Waals surface area contributed by atoms with Crippen LogP contribution in [0.1, 0.15) is 20.3 Å². The lowest BCUT2D eigenvalue weighted by atomic mass is 10.2. The van der Waals surface area contributed by atoms with Crippen molar-refractivity contribution in [3.8, 4) is 0 Å². The van der Waals surface area contributed by atoms with Gasteiger partial charge in [0.15, 0.2) is 0 Å². The van der Waals surface area contributed by atoms with Crippen LogP contribution >= 0.6 is 11.1 Å². The van der Waals surface area contributed by atoms with E-state index in [-0.39, 0.29) is 5.97 Å². The molecule has 0 amide bonds. The molecule has 0 aliphatic carbocycles. The van der Waals surface area contributed by atoms with Crippen molar-refractivity contribution in [2.45, 2.75) is 20.3 Å². The summed E-state index contributed by atoms with van der Waals surface area (Å²) in [7, 11) is 0. The predicted molar refractivity (Wildman–Crippen MR) is 59.9 cm³/mol. The van der Waals surface area contributed by atoms with E-state index in [1.807, 2.05) is 13.8 Å². The summed E-state index contributed by atoms with van der Waals surface area (Å²) in [6.07, 6.45) is 2.40. The van der Waals surface area contributed by atoms with Gasteiger partial charge in [-0.1, -0.05) is 13.0 Å². The number of rotatable bonds is 3. The third-order valence-corrected chi connectivity index (χ3v) is 2.67. The molecule has 1 rings (SSSR count). The molecule has 14 heavy (non-hydrogen) atoms. The van der Waals surface area contributed by atoms with E-state index in [1.165, 1.54) is 0 Å². The van der Waals surface area contributed by atoms with Crippen LogP contribution < -0.4 is 5.14 Å². The third-order valence-electron chi connectivity index (χ3n) is 1.77. The molecule has 0 saturated carbocycles. The molecule has 0 spiro atoms. The number of thiol groups is 1. The van der Waals surface area contributed by atoms with Gasteiger partial charge in [0.1, 0.15) is 0 Å². The van der Waals surface area contributed by atoms with Gasteiger partial charge < -0.3 is 4.74 Å². The highest BCUT2D eigenvalue weighted by Crippen LogP contribution is 2.24. The molecule has 1 atom stereocenters. The Labute approximate surface area is 86.0 Å². The van der Waals surface area contributed by atoms with Crippen molar-refractivity contribution in [3.05, 3.63) is 22.9 Å². The van der Waals surface area contributed by atoms with E-state index in [2.05, 4.69) is 4.99 Å². The monoisotopic (exact) mass is 214 g/mol. The van der Waals surface area contributed by atoms with E-state index < -0.39 is 11.1 Å². The molecular weight excluding hydrogens is 200 g/mol. The molecule has 2 N–H and O–H groups in total. The van der Waals surface area contributed by atoms with E-state index in [9.17, 15) is 4.79 Å². The fourth-order valence-electron chi connectivity index (χ4n) is 0.997. The second-order valence-electron chi connectivity index (χ2n) is 2.72. The SMILES string of the molecule is CC=C(CC)C(=O)OC1=C[SH](N)C=N1. The largest absolute Gasteiger partial charge is 0.404 e. The summed E-state index contributed by atoms with van der Waals surface area (Å²) in [6.45, 7) is 3.71. The first-order chi connectivity index (χ1) is 6.67. The predicted octanol–water partition coefficient (Wildman–Crippen LogP) is 1.60. The summed E-state index contributed by atoms with van der Waals surface area (Å²) in [6, 6.07) is 0. The second kappa shape index (κ2) is 4.97. The first kappa shape index (κ1) is 11.0. The van der Waals surface area contributed by atoms with Crippen molar-refractivity contribution >= 4 is 22.6 Å². The third kappa shape index (κ3) is 2.71. The average molecular weight is 214 g/mol. The van der Waals surface area contributed by atoms with Crippen LogP contribution in [-0.2, 0) is 9.53 Å². The number of carbonyl (C=O) groups excluding carboxylic acids is 1. The molecule has 1 unspecified atom stereocenters. The zero-order valence-electron chi connectivity index (χ0n) is 8.23. The number of carbonyl (C=O) groups is 1. The lowest BCUT2D eigenvalue weighted by molar-refractivity contribution is -0.135. The van der Waals surface area contributed by atoms with Crippen LogP contribution in [0.3, 0.4) is 0 Å². The fraction of sp³-hybridized carbons (Fsp3) is 0.333. The highest BCUT2D eigenvalue weighted by Gasteiger charge is 2.13. The molecular formula is C9H14N2O2S. The first-order valence-electron chi connectivity index (χ1n) is 4.33. The normalized spacial score (nSPS) is 23.5. The van der Waals surface area contributed by atoms with Crippen LogP contribution in [0.2, 0.25) is 0 Å². The maximum Gasteiger partial charge on any atom is 0.340 e. The fourth-order valence-corrected chi connectivity index (χ4v) is 1.69. The minimum Gasteiger partial charge on any atom is -0.404 e. The Morgan fingerprint density at radius 1 is 1.79 bits per heavy atom. The van der Waals surface area contributed by atoms with Gasteiger partial charge in [-0.25, -0.2) is 9.79 Å². The highest BCUT2D eigenvalue weighted by molar-refractivity contribution is 8.29. The Hall–Kier alpha value is -1.07. The summed E-state index contributed by atoms with van der Waals surface area (Å²) in [5, 5.41) is 7.24. The number of allylic oxidation sites excluding steroid dienone is 1. The average Bonchev–Trinajstić information content (AvgIpc) is 2.53. The van der Waals surface area contributed by atoms with Gasteiger partial charge in [0, 0.05) is 11.0 Å². The molecule has 0 radical (unpaired) electrons. The Morgan fingerprint density at radius 2 is 2.50 bits per heavy atom. The Balaban J connectivity index is 2.58.